The van der Waals surface area contributed by atoms with Crippen LogP contribution in [0, 0.1) is 11.8 Å². The highest BCUT2D eigenvalue weighted by Crippen LogP contribution is 2.32. The molecule has 2 rings (SSSR count). The van der Waals surface area contributed by atoms with E-state index in [1.54, 1.807) is 6.92 Å². The van der Waals surface area contributed by atoms with Crippen molar-refractivity contribution in [3.8, 4) is 0 Å². The zero-order chi connectivity index (χ0) is 14.5. The van der Waals surface area contributed by atoms with Gasteiger partial charge in [0.2, 0.25) is 11.8 Å². The van der Waals surface area contributed by atoms with Crippen molar-refractivity contribution in [2.24, 2.45) is 11.8 Å². The van der Waals surface area contributed by atoms with Gasteiger partial charge in [0.05, 0.1) is 12.0 Å². The van der Waals surface area contributed by atoms with Crippen LogP contribution < -0.4 is 5.32 Å². The molecule has 1 heterocycles. The van der Waals surface area contributed by atoms with Gasteiger partial charge in [-0.3, -0.25) is 9.59 Å². The minimum Gasteiger partial charge on any atom is -0.393 e. The van der Waals surface area contributed by atoms with E-state index in [1.165, 1.54) is 0 Å². The van der Waals surface area contributed by atoms with Crippen LogP contribution >= 0.6 is 0 Å². The van der Waals surface area contributed by atoms with Crippen LogP contribution in [0.3, 0.4) is 0 Å². The van der Waals surface area contributed by atoms with Crippen molar-refractivity contribution < 1.29 is 14.7 Å². The lowest BCUT2D eigenvalue weighted by atomic mass is 9.96. The second-order valence-corrected chi connectivity index (χ2v) is 6.18. The lowest BCUT2D eigenvalue weighted by Crippen LogP contribution is -2.46. The van der Waals surface area contributed by atoms with Crippen molar-refractivity contribution in [2.75, 3.05) is 19.6 Å². The first-order valence-corrected chi connectivity index (χ1v) is 7.82. The van der Waals surface area contributed by atoms with Gasteiger partial charge < -0.3 is 15.3 Å². The minimum absolute atomic E-state index is 0.0574. The molecule has 5 nitrogen and oxygen atoms in total. The van der Waals surface area contributed by atoms with E-state index in [0.29, 0.717) is 19.5 Å². The van der Waals surface area contributed by atoms with E-state index in [-0.39, 0.29) is 29.8 Å². The van der Waals surface area contributed by atoms with Crippen LogP contribution in [0.25, 0.3) is 0 Å². The fraction of sp³-hybridized carbons (Fsp3) is 0.867. The van der Waals surface area contributed by atoms with Crippen molar-refractivity contribution in [3.63, 3.8) is 0 Å². The minimum atomic E-state index is -0.312. The van der Waals surface area contributed by atoms with Crippen LogP contribution in [0.4, 0.5) is 0 Å². The summed E-state index contributed by atoms with van der Waals surface area (Å²) in [4.78, 5) is 26.0. The number of aliphatic hydroxyl groups excluding tert-OH is 1. The molecule has 2 unspecified atom stereocenters. The van der Waals surface area contributed by atoms with Crippen LogP contribution in [0.1, 0.15) is 45.4 Å². The molecule has 0 bridgehead atoms. The summed E-state index contributed by atoms with van der Waals surface area (Å²) in [5.41, 5.74) is 0. The summed E-state index contributed by atoms with van der Waals surface area (Å²) in [7, 11) is 0. The van der Waals surface area contributed by atoms with E-state index >= 15 is 0 Å². The summed E-state index contributed by atoms with van der Waals surface area (Å²) in [6.45, 7) is 3.75. The number of hydrogen-bond acceptors (Lipinski definition) is 3. The van der Waals surface area contributed by atoms with Gasteiger partial charge in [0.1, 0.15) is 0 Å². The molecule has 1 aliphatic carbocycles. The third-order valence-corrected chi connectivity index (χ3v) is 4.13. The number of carbonyl (C=O) groups is 2. The maximum atomic E-state index is 12.1. The third kappa shape index (κ3) is 4.47. The molecule has 2 aliphatic rings. The van der Waals surface area contributed by atoms with Gasteiger partial charge in [-0.05, 0) is 45.4 Å². The molecular weight excluding hydrogens is 256 g/mol. The van der Waals surface area contributed by atoms with Crippen molar-refractivity contribution in [1.29, 1.82) is 0 Å². The Balaban J connectivity index is 1.70. The van der Waals surface area contributed by atoms with Gasteiger partial charge in [-0.15, -0.1) is 0 Å². The Morgan fingerprint density at radius 3 is 2.70 bits per heavy atom. The topological polar surface area (TPSA) is 69.6 Å². The molecule has 2 N–H and O–H groups in total. The van der Waals surface area contributed by atoms with E-state index in [9.17, 15) is 9.59 Å². The van der Waals surface area contributed by atoms with Crippen LogP contribution in [-0.2, 0) is 9.59 Å². The van der Waals surface area contributed by atoms with Gasteiger partial charge in [-0.2, -0.15) is 0 Å². The van der Waals surface area contributed by atoms with Gasteiger partial charge in [0.15, 0.2) is 0 Å². The molecule has 0 spiro atoms. The number of carbonyl (C=O) groups excluding carboxylic acids is 2. The number of rotatable bonds is 6. The zero-order valence-corrected chi connectivity index (χ0v) is 12.3. The number of piperidine rings is 1. The molecule has 0 aromatic carbocycles. The van der Waals surface area contributed by atoms with E-state index in [2.05, 4.69) is 5.32 Å². The largest absolute Gasteiger partial charge is 0.393 e. The number of hydrogen-bond donors (Lipinski definition) is 2. The fourth-order valence-electron chi connectivity index (χ4n) is 2.73. The monoisotopic (exact) mass is 282 g/mol. The molecular formula is C15H26N2O3. The molecule has 2 fully saturated rings. The Kier molecular flexibility index (Phi) is 5.40. The van der Waals surface area contributed by atoms with E-state index in [4.69, 9.17) is 5.11 Å². The molecule has 5 heteroatoms. The summed E-state index contributed by atoms with van der Waals surface area (Å²) in [6, 6.07) is 0. The normalized spacial score (nSPS) is 24.3. The third-order valence-electron chi connectivity index (χ3n) is 4.13. The first-order valence-electron chi connectivity index (χ1n) is 7.82. The maximum Gasteiger partial charge on any atom is 0.225 e. The second kappa shape index (κ2) is 7.07. The van der Waals surface area contributed by atoms with Crippen LogP contribution in [0.2, 0.25) is 0 Å². The quantitative estimate of drug-likeness (QED) is 0.712. The van der Waals surface area contributed by atoms with E-state index in [0.717, 1.165) is 38.6 Å². The summed E-state index contributed by atoms with van der Waals surface area (Å²) in [5.74, 6) is 0.487. The van der Waals surface area contributed by atoms with Gasteiger partial charge in [0, 0.05) is 25.6 Å². The van der Waals surface area contributed by atoms with Crippen molar-refractivity contribution in [1.82, 2.24) is 10.2 Å². The smallest absolute Gasteiger partial charge is 0.225 e. The Labute approximate surface area is 120 Å². The SMILES string of the molecule is CC(O)CCCNC(=O)C1CCCN(C(=O)C2CC2)C1. The number of likely N-dealkylation sites (tertiary alicyclic amines) is 1. The molecule has 114 valence electrons. The number of nitrogens with one attached hydrogen (secondary N) is 1. The molecule has 0 radical (unpaired) electrons. The van der Waals surface area contributed by atoms with Crippen molar-refractivity contribution in [2.45, 2.75) is 51.6 Å². The molecule has 1 saturated heterocycles. The lowest BCUT2D eigenvalue weighted by Gasteiger charge is -2.32. The maximum absolute atomic E-state index is 12.1. The first kappa shape index (κ1) is 15.3. The Morgan fingerprint density at radius 1 is 1.30 bits per heavy atom. The average molecular weight is 282 g/mol. The van der Waals surface area contributed by atoms with Crippen LogP contribution in [0.5, 0.6) is 0 Å². The molecule has 20 heavy (non-hydrogen) atoms. The highest BCUT2D eigenvalue weighted by Gasteiger charge is 2.36. The van der Waals surface area contributed by atoms with Crippen LogP contribution in [-0.4, -0.2) is 47.6 Å². The predicted octanol–water partition coefficient (Wildman–Crippen LogP) is 0.912. The summed E-state index contributed by atoms with van der Waals surface area (Å²) < 4.78 is 0. The molecule has 2 atom stereocenters. The summed E-state index contributed by atoms with van der Waals surface area (Å²) in [5, 5.41) is 12.1. The molecule has 0 aromatic heterocycles. The molecule has 1 saturated carbocycles. The Bertz CT molecular complexity index is 353. The number of amides is 2. The zero-order valence-electron chi connectivity index (χ0n) is 12.3. The number of aliphatic hydroxyl groups is 1. The van der Waals surface area contributed by atoms with E-state index in [1.807, 2.05) is 4.90 Å². The van der Waals surface area contributed by atoms with Gasteiger partial charge >= 0.3 is 0 Å². The highest BCUT2D eigenvalue weighted by atomic mass is 16.3. The highest BCUT2D eigenvalue weighted by molar-refractivity contribution is 5.83. The first-order chi connectivity index (χ1) is 9.58. The van der Waals surface area contributed by atoms with Gasteiger partial charge in [-0.25, -0.2) is 0 Å². The molecule has 0 aromatic rings. The molecule has 2 amide bonds. The van der Waals surface area contributed by atoms with Crippen molar-refractivity contribution >= 4 is 11.8 Å². The number of nitrogens with zero attached hydrogens (tertiary/aromatic N) is 1. The van der Waals surface area contributed by atoms with Crippen LogP contribution in [0.15, 0.2) is 0 Å². The molecule has 1 aliphatic heterocycles. The summed E-state index contributed by atoms with van der Waals surface area (Å²) in [6.07, 6.45) is 5.02. The van der Waals surface area contributed by atoms with E-state index < -0.39 is 0 Å². The average Bonchev–Trinajstić information content (AvgIpc) is 3.27. The Hall–Kier alpha value is -1.10. The van der Waals surface area contributed by atoms with Crippen molar-refractivity contribution in [3.05, 3.63) is 0 Å². The van der Waals surface area contributed by atoms with Gasteiger partial charge in [0.25, 0.3) is 0 Å². The summed E-state index contributed by atoms with van der Waals surface area (Å²) >= 11 is 0. The standard InChI is InChI=1S/C15H26N2O3/c1-11(18)4-2-8-16-14(19)13-5-3-9-17(10-13)15(20)12-6-7-12/h11-13,18H,2-10H2,1H3,(H,16,19). The predicted molar refractivity (Wildman–Crippen MR) is 76.0 cm³/mol. The van der Waals surface area contributed by atoms with Gasteiger partial charge in [-0.1, -0.05) is 0 Å². The second-order valence-electron chi connectivity index (χ2n) is 6.18. The Morgan fingerprint density at radius 2 is 2.05 bits per heavy atom. The fourth-order valence-corrected chi connectivity index (χ4v) is 2.73. The lowest BCUT2D eigenvalue weighted by molar-refractivity contribution is -0.136.